The number of likely N-dealkylation sites (N-methyl/N-ethyl adjacent to an activating group) is 1. The van der Waals surface area contributed by atoms with Gasteiger partial charge in [0.1, 0.15) is 0 Å². The lowest BCUT2D eigenvalue weighted by atomic mass is 9.72. The number of hydrogen-bond acceptors (Lipinski definition) is 1. The number of nitrogens with one attached hydrogen (secondary N) is 1. The predicted molar refractivity (Wildman–Crippen MR) is 75.7 cm³/mol. The van der Waals surface area contributed by atoms with Gasteiger partial charge < -0.3 is 5.32 Å². The van der Waals surface area contributed by atoms with Crippen molar-refractivity contribution in [1.82, 2.24) is 5.32 Å². The highest BCUT2D eigenvalue weighted by Crippen LogP contribution is 2.43. The molecule has 2 aromatic carbocycles. The van der Waals surface area contributed by atoms with Gasteiger partial charge in [-0.3, -0.25) is 0 Å². The first kappa shape index (κ1) is 11.5. The Balaban J connectivity index is 1.89. The third kappa shape index (κ3) is 1.95. The summed E-state index contributed by atoms with van der Waals surface area (Å²) in [6.45, 7) is 3.19. The van der Waals surface area contributed by atoms with E-state index >= 15 is 0 Å². The van der Waals surface area contributed by atoms with Crippen molar-refractivity contribution < 1.29 is 0 Å². The summed E-state index contributed by atoms with van der Waals surface area (Å²) in [6.07, 6.45) is 1.20. The lowest BCUT2D eigenvalue weighted by Gasteiger charge is -2.37. The molecule has 0 saturated carbocycles. The largest absolute Gasteiger partial charge is 0.310 e. The van der Waals surface area contributed by atoms with Crippen LogP contribution in [0, 0.1) is 0 Å². The van der Waals surface area contributed by atoms with Crippen LogP contribution < -0.4 is 5.32 Å². The number of fused-ring (bicyclic) bond motifs is 1. The van der Waals surface area contributed by atoms with Gasteiger partial charge in [0.05, 0.1) is 0 Å². The molecule has 1 heteroatoms. The molecule has 0 radical (unpaired) electrons. The van der Waals surface area contributed by atoms with Crippen molar-refractivity contribution in [2.45, 2.75) is 25.3 Å². The Morgan fingerprint density at radius 3 is 2.50 bits per heavy atom. The van der Waals surface area contributed by atoms with E-state index in [1.807, 2.05) is 0 Å². The lowest BCUT2D eigenvalue weighted by molar-refractivity contribution is 0.420. The highest BCUT2D eigenvalue weighted by atomic mass is 14.9. The van der Waals surface area contributed by atoms with E-state index < -0.39 is 0 Å². The minimum Gasteiger partial charge on any atom is -0.310 e. The van der Waals surface area contributed by atoms with Gasteiger partial charge in [-0.05, 0) is 29.7 Å². The van der Waals surface area contributed by atoms with Gasteiger partial charge >= 0.3 is 0 Å². The number of hydrogen-bond donors (Lipinski definition) is 1. The predicted octanol–water partition coefficient (Wildman–Crippen LogP) is 3.68. The summed E-state index contributed by atoms with van der Waals surface area (Å²) in [5, 5.41) is 3.64. The molecule has 0 saturated heterocycles. The summed E-state index contributed by atoms with van der Waals surface area (Å²) >= 11 is 0. The standard InChI is InChI=1S/C17H19N/c1-2-18-17(13-8-4-3-5-9-13)16-12-14-10-6-7-11-15(14)16/h3-11,16-18H,2,12H2,1H3. The van der Waals surface area contributed by atoms with Crippen LogP contribution in [0.2, 0.25) is 0 Å². The summed E-state index contributed by atoms with van der Waals surface area (Å²) < 4.78 is 0. The second-order valence-corrected chi connectivity index (χ2v) is 4.96. The summed E-state index contributed by atoms with van der Waals surface area (Å²) in [6, 6.07) is 20.1. The Kier molecular flexibility index (Phi) is 3.16. The van der Waals surface area contributed by atoms with Crippen LogP contribution in [0.4, 0.5) is 0 Å². The first-order chi connectivity index (χ1) is 8.90. The molecule has 0 heterocycles. The first-order valence-electron chi connectivity index (χ1n) is 6.76. The van der Waals surface area contributed by atoms with Crippen LogP contribution in [-0.4, -0.2) is 6.54 Å². The van der Waals surface area contributed by atoms with Crippen molar-refractivity contribution >= 4 is 0 Å². The zero-order valence-electron chi connectivity index (χ0n) is 10.8. The maximum atomic E-state index is 3.64. The van der Waals surface area contributed by atoms with Gasteiger partial charge in [0.2, 0.25) is 0 Å². The second kappa shape index (κ2) is 4.95. The molecule has 3 rings (SSSR count). The molecule has 0 bridgehead atoms. The molecule has 0 aliphatic heterocycles. The van der Waals surface area contributed by atoms with Gasteiger partial charge in [0.25, 0.3) is 0 Å². The highest BCUT2D eigenvalue weighted by Gasteiger charge is 2.32. The van der Waals surface area contributed by atoms with Gasteiger partial charge in [-0.15, -0.1) is 0 Å². The molecule has 18 heavy (non-hydrogen) atoms. The molecular formula is C17H19N. The summed E-state index contributed by atoms with van der Waals surface area (Å²) in [7, 11) is 0. The van der Waals surface area contributed by atoms with E-state index in [9.17, 15) is 0 Å². The van der Waals surface area contributed by atoms with E-state index in [0.29, 0.717) is 12.0 Å². The minimum absolute atomic E-state index is 0.450. The van der Waals surface area contributed by atoms with Crippen molar-refractivity contribution in [1.29, 1.82) is 0 Å². The maximum absolute atomic E-state index is 3.64. The molecule has 92 valence electrons. The number of rotatable bonds is 4. The van der Waals surface area contributed by atoms with Crippen LogP contribution in [0.1, 0.15) is 35.6 Å². The molecule has 0 amide bonds. The fraction of sp³-hybridized carbons (Fsp3) is 0.294. The molecule has 0 spiro atoms. The molecule has 1 aliphatic rings. The molecule has 1 nitrogen and oxygen atoms in total. The van der Waals surface area contributed by atoms with Gasteiger partial charge in [-0.2, -0.15) is 0 Å². The van der Waals surface area contributed by atoms with Crippen molar-refractivity contribution in [3.8, 4) is 0 Å². The number of benzene rings is 2. The van der Waals surface area contributed by atoms with Crippen molar-refractivity contribution in [2.24, 2.45) is 0 Å². The molecule has 0 fully saturated rings. The topological polar surface area (TPSA) is 12.0 Å². The summed E-state index contributed by atoms with van der Waals surface area (Å²) in [5.74, 6) is 0.628. The van der Waals surface area contributed by atoms with Crippen LogP contribution >= 0.6 is 0 Å². The van der Waals surface area contributed by atoms with E-state index in [0.717, 1.165) is 6.54 Å². The Morgan fingerprint density at radius 2 is 1.78 bits per heavy atom. The van der Waals surface area contributed by atoms with Gasteiger partial charge in [-0.1, -0.05) is 61.5 Å². The van der Waals surface area contributed by atoms with Crippen LogP contribution in [0.15, 0.2) is 54.6 Å². The van der Waals surface area contributed by atoms with E-state index in [2.05, 4.69) is 66.8 Å². The molecule has 1 aliphatic carbocycles. The summed E-state index contributed by atoms with van der Waals surface area (Å²) in [5.41, 5.74) is 4.44. The van der Waals surface area contributed by atoms with Crippen LogP contribution in [0.25, 0.3) is 0 Å². The average Bonchev–Trinajstić information content (AvgIpc) is 2.40. The molecule has 2 atom stereocenters. The van der Waals surface area contributed by atoms with Crippen molar-refractivity contribution in [2.75, 3.05) is 6.54 Å². The van der Waals surface area contributed by atoms with E-state index in [4.69, 9.17) is 0 Å². The Morgan fingerprint density at radius 1 is 1.06 bits per heavy atom. The maximum Gasteiger partial charge on any atom is 0.0392 e. The van der Waals surface area contributed by atoms with Crippen LogP contribution in [-0.2, 0) is 6.42 Å². The quantitative estimate of drug-likeness (QED) is 0.855. The van der Waals surface area contributed by atoms with E-state index in [1.54, 1.807) is 0 Å². The first-order valence-corrected chi connectivity index (χ1v) is 6.76. The lowest BCUT2D eigenvalue weighted by Crippen LogP contribution is -2.33. The average molecular weight is 237 g/mol. The van der Waals surface area contributed by atoms with Crippen molar-refractivity contribution in [3.63, 3.8) is 0 Å². The fourth-order valence-electron chi connectivity index (χ4n) is 2.97. The molecule has 2 unspecified atom stereocenters. The zero-order chi connectivity index (χ0) is 12.4. The second-order valence-electron chi connectivity index (χ2n) is 4.96. The van der Waals surface area contributed by atoms with E-state index in [-0.39, 0.29) is 0 Å². The van der Waals surface area contributed by atoms with E-state index in [1.165, 1.54) is 23.1 Å². The Hall–Kier alpha value is -1.60. The monoisotopic (exact) mass is 237 g/mol. The highest BCUT2D eigenvalue weighted by molar-refractivity contribution is 5.43. The zero-order valence-corrected chi connectivity index (χ0v) is 10.8. The Labute approximate surface area is 109 Å². The Bertz CT molecular complexity index is 518. The smallest absolute Gasteiger partial charge is 0.0392 e. The van der Waals surface area contributed by atoms with Crippen LogP contribution in [0.5, 0.6) is 0 Å². The fourth-order valence-corrected chi connectivity index (χ4v) is 2.97. The summed E-state index contributed by atoms with van der Waals surface area (Å²) in [4.78, 5) is 0. The van der Waals surface area contributed by atoms with Gasteiger partial charge in [0, 0.05) is 12.0 Å². The SMILES string of the molecule is CCNC(c1ccccc1)C1Cc2ccccc21. The molecular weight excluding hydrogens is 218 g/mol. The molecule has 1 N–H and O–H groups in total. The van der Waals surface area contributed by atoms with Gasteiger partial charge in [-0.25, -0.2) is 0 Å². The normalized spacial score (nSPS) is 18.8. The third-order valence-corrected chi connectivity index (χ3v) is 3.88. The molecule has 0 aromatic heterocycles. The van der Waals surface area contributed by atoms with Gasteiger partial charge in [0.15, 0.2) is 0 Å². The third-order valence-electron chi connectivity index (χ3n) is 3.88. The van der Waals surface area contributed by atoms with Crippen molar-refractivity contribution in [3.05, 3.63) is 71.3 Å². The minimum atomic E-state index is 0.450. The molecule has 2 aromatic rings. The van der Waals surface area contributed by atoms with Crippen LogP contribution in [0.3, 0.4) is 0 Å².